The number of urea groups is 1. The van der Waals surface area contributed by atoms with Crippen LogP contribution < -0.4 is 14.8 Å². The van der Waals surface area contributed by atoms with Crippen molar-refractivity contribution in [1.82, 2.24) is 19.5 Å². The van der Waals surface area contributed by atoms with Gasteiger partial charge in [0.15, 0.2) is 5.03 Å². The Hall–Kier alpha value is -3.84. The molecule has 0 spiro atoms. The molecule has 6 rings (SSSR count). The number of rotatable bonds is 7. The van der Waals surface area contributed by atoms with Gasteiger partial charge in [-0.2, -0.15) is 22.3 Å². The lowest BCUT2D eigenvalue weighted by atomic mass is 9.87. The summed E-state index contributed by atoms with van der Waals surface area (Å²) in [5.41, 5.74) is 5.13. The van der Waals surface area contributed by atoms with Crippen molar-refractivity contribution in [3.8, 4) is 17.0 Å². The quantitative estimate of drug-likeness (QED) is 0.378. The summed E-state index contributed by atoms with van der Waals surface area (Å²) in [7, 11) is -4.33. The smallest absolute Gasteiger partial charge is 0.333 e. The predicted octanol–water partition coefficient (Wildman–Crippen LogP) is 5.30. The fraction of sp³-hybridized carbons (Fsp3) is 0.414. The summed E-state index contributed by atoms with van der Waals surface area (Å²) in [5.74, 6) is 0.469. The number of aryl methyl sites for hydroxylation is 2. The number of carbonyl (C=O) groups is 1. The van der Waals surface area contributed by atoms with E-state index in [0.29, 0.717) is 24.8 Å². The molecule has 1 saturated heterocycles. The van der Waals surface area contributed by atoms with E-state index < -0.39 is 22.1 Å². The van der Waals surface area contributed by atoms with Crippen LogP contribution in [-0.4, -0.2) is 48.5 Å². The normalized spacial score (nSPS) is 18.7. The third-order valence-corrected chi connectivity index (χ3v) is 9.23. The predicted molar refractivity (Wildman–Crippen MR) is 150 cm³/mol. The van der Waals surface area contributed by atoms with Crippen LogP contribution >= 0.6 is 0 Å². The number of ether oxygens (including phenoxy) is 2. The highest BCUT2D eigenvalue weighted by Crippen LogP contribution is 2.41. The molecule has 1 aliphatic heterocycles. The minimum absolute atomic E-state index is 0.00680. The van der Waals surface area contributed by atoms with Crippen molar-refractivity contribution in [3.63, 3.8) is 0 Å². The van der Waals surface area contributed by atoms with Gasteiger partial charge < -0.3 is 14.8 Å². The number of hydrogen-bond donors (Lipinski definition) is 2. The number of fused-ring (bicyclic) bond motifs is 1. The zero-order valence-corrected chi connectivity index (χ0v) is 23.8. The van der Waals surface area contributed by atoms with Crippen LogP contribution in [0.1, 0.15) is 54.8 Å². The van der Waals surface area contributed by atoms with Crippen LogP contribution in [0.25, 0.3) is 11.1 Å². The molecule has 2 aromatic heterocycles. The molecule has 10 nitrogen and oxygen atoms in total. The Morgan fingerprint density at radius 1 is 1.14 bits per heavy atom. The standard InChI is InChI=1S/C29H31F2N5O5S/c1-17-13-18-3-2-4-23(18)27(26(17)19-5-9-32-24(16-19)41-22-7-11-40-12-8-22)33-29(37)35-42(38,39)25-6-10-36(34-25)21-14-20(15-21)28(30)31/h5-6,9-10,13,16,21-22H,2-4,7-8,11-12,14-15H2,1H3,(H2,33,35,37). The molecular weight excluding hydrogens is 568 g/mol. The average Bonchev–Trinajstić information content (AvgIpc) is 3.59. The second-order valence-electron chi connectivity index (χ2n) is 10.9. The first-order chi connectivity index (χ1) is 20.2. The second-order valence-corrected chi connectivity index (χ2v) is 12.5. The number of carbonyl (C=O) groups excluding carboxylic acids is 1. The maximum atomic E-state index is 13.2. The highest BCUT2D eigenvalue weighted by atomic mass is 32.2. The average molecular weight is 600 g/mol. The van der Waals surface area contributed by atoms with Crippen LogP contribution in [0.2, 0.25) is 0 Å². The van der Waals surface area contributed by atoms with E-state index in [9.17, 15) is 22.0 Å². The lowest BCUT2D eigenvalue weighted by Gasteiger charge is -2.28. The fourth-order valence-electron chi connectivity index (χ4n) is 5.83. The molecule has 0 bridgehead atoms. The van der Waals surface area contributed by atoms with E-state index in [-0.39, 0.29) is 35.6 Å². The maximum Gasteiger partial charge on any atom is 0.333 e. The SMILES string of the molecule is Cc1cc2c(c(NC(=O)NS(=O)(=O)c3ccn(C4CC(=C(F)F)C4)n3)c1-c1ccnc(OC3CCOCC3)c1)CCC2. The molecule has 13 heteroatoms. The molecule has 0 radical (unpaired) electrons. The molecule has 2 fully saturated rings. The van der Waals surface area contributed by atoms with Gasteiger partial charge in [-0.15, -0.1) is 0 Å². The zero-order valence-electron chi connectivity index (χ0n) is 23.0. The molecule has 0 unspecified atom stereocenters. The van der Waals surface area contributed by atoms with Crippen molar-refractivity contribution in [2.24, 2.45) is 0 Å². The Bertz CT molecular complexity index is 1650. The van der Waals surface area contributed by atoms with E-state index in [1.54, 1.807) is 6.20 Å². The number of pyridine rings is 1. The topological polar surface area (TPSA) is 124 Å². The third-order valence-electron chi connectivity index (χ3n) is 8.01. The van der Waals surface area contributed by atoms with Gasteiger partial charge in [0.1, 0.15) is 6.10 Å². The molecule has 1 aromatic carbocycles. The van der Waals surface area contributed by atoms with Gasteiger partial charge in [0, 0.05) is 36.9 Å². The van der Waals surface area contributed by atoms with Crippen molar-refractivity contribution in [1.29, 1.82) is 0 Å². The van der Waals surface area contributed by atoms with Crippen LogP contribution in [0, 0.1) is 6.92 Å². The van der Waals surface area contributed by atoms with Crippen LogP contribution in [-0.2, 0) is 27.6 Å². The largest absolute Gasteiger partial charge is 0.474 e. The number of nitrogens with one attached hydrogen (secondary N) is 2. The van der Waals surface area contributed by atoms with E-state index in [2.05, 4.69) is 26.2 Å². The summed E-state index contributed by atoms with van der Waals surface area (Å²) in [6.07, 6.45) is 5.66. The van der Waals surface area contributed by atoms with Crippen molar-refractivity contribution < 1.29 is 31.5 Å². The Labute approximate surface area is 242 Å². The molecule has 3 aromatic rings. The van der Waals surface area contributed by atoms with Crippen LogP contribution in [0.4, 0.5) is 19.3 Å². The first-order valence-corrected chi connectivity index (χ1v) is 15.4. The van der Waals surface area contributed by atoms with E-state index in [1.807, 2.05) is 19.1 Å². The highest BCUT2D eigenvalue weighted by Gasteiger charge is 2.31. The molecule has 2 aliphatic carbocycles. The summed E-state index contributed by atoms with van der Waals surface area (Å²) >= 11 is 0. The summed E-state index contributed by atoms with van der Waals surface area (Å²) in [6, 6.07) is 5.75. The first-order valence-electron chi connectivity index (χ1n) is 14.0. The van der Waals surface area contributed by atoms with Gasteiger partial charge in [0.05, 0.1) is 24.9 Å². The Morgan fingerprint density at radius 3 is 2.69 bits per heavy atom. The fourth-order valence-corrected chi connectivity index (χ4v) is 6.67. The summed E-state index contributed by atoms with van der Waals surface area (Å²) in [5, 5.41) is 6.49. The van der Waals surface area contributed by atoms with Gasteiger partial charge in [-0.1, -0.05) is 6.07 Å². The molecular formula is C29H31F2N5O5S. The van der Waals surface area contributed by atoms with E-state index in [4.69, 9.17) is 9.47 Å². The Morgan fingerprint density at radius 2 is 1.93 bits per heavy atom. The number of anilines is 1. The van der Waals surface area contributed by atoms with Crippen molar-refractivity contribution in [3.05, 3.63) is 65.0 Å². The lowest BCUT2D eigenvalue weighted by Crippen LogP contribution is -2.35. The van der Waals surface area contributed by atoms with Crippen molar-refractivity contribution in [2.45, 2.75) is 69.0 Å². The monoisotopic (exact) mass is 599 g/mol. The summed E-state index contributed by atoms with van der Waals surface area (Å²) in [4.78, 5) is 17.6. The van der Waals surface area contributed by atoms with Gasteiger partial charge in [-0.3, -0.25) is 4.68 Å². The Balaban J connectivity index is 1.23. The number of aromatic nitrogens is 3. The van der Waals surface area contributed by atoms with Crippen LogP contribution in [0.5, 0.6) is 5.88 Å². The van der Waals surface area contributed by atoms with Crippen LogP contribution in [0.15, 0.2) is 53.3 Å². The number of benzene rings is 1. The minimum atomic E-state index is -4.33. The molecule has 3 aliphatic rings. The van der Waals surface area contributed by atoms with Gasteiger partial charge in [0.25, 0.3) is 16.1 Å². The van der Waals surface area contributed by atoms with Gasteiger partial charge in [-0.25, -0.2) is 14.5 Å². The summed E-state index contributed by atoms with van der Waals surface area (Å²) < 4.78 is 66.4. The minimum Gasteiger partial charge on any atom is -0.474 e. The van der Waals surface area contributed by atoms with Crippen molar-refractivity contribution in [2.75, 3.05) is 18.5 Å². The Kier molecular flexibility index (Phi) is 7.71. The number of hydrogen-bond acceptors (Lipinski definition) is 7. The number of sulfonamides is 1. The highest BCUT2D eigenvalue weighted by molar-refractivity contribution is 7.90. The molecule has 3 heterocycles. The first kappa shape index (κ1) is 28.3. The number of amides is 2. The molecule has 42 heavy (non-hydrogen) atoms. The molecule has 2 N–H and O–H groups in total. The summed E-state index contributed by atoms with van der Waals surface area (Å²) in [6.45, 7) is 3.23. The second kappa shape index (κ2) is 11.4. The molecule has 0 atom stereocenters. The van der Waals surface area contributed by atoms with Crippen molar-refractivity contribution >= 4 is 21.7 Å². The third kappa shape index (κ3) is 5.75. The molecule has 222 valence electrons. The van der Waals surface area contributed by atoms with Gasteiger partial charge in [-0.05, 0) is 79.0 Å². The van der Waals surface area contributed by atoms with Crippen LogP contribution in [0.3, 0.4) is 0 Å². The maximum absolute atomic E-state index is 13.2. The van der Waals surface area contributed by atoms with E-state index in [1.165, 1.54) is 16.9 Å². The van der Waals surface area contributed by atoms with Gasteiger partial charge in [0.2, 0.25) is 5.88 Å². The number of allylic oxidation sites excluding steroid dienone is 1. The van der Waals surface area contributed by atoms with E-state index >= 15 is 0 Å². The number of nitrogens with zero attached hydrogens (tertiary/aromatic N) is 3. The zero-order chi connectivity index (χ0) is 29.4. The molecule has 1 saturated carbocycles. The lowest BCUT2D eigenvalue weighted by molar-refractivity contribution is 0.0237. The van der Waals surface area contributed by atoms with Gasteiger partial charge >= 0.3 is 6.03 Å². The molecule has 2 amide bonds. The van der Waals surface area contributed by atoms with E-state index in [0.717, 1.165) is 59.9 Å². The number of halogens is 2.